The van der Waals surface area contributed by atoms with Crippen LogP contribution in [-0.4, -0.2) is 39.9 Å². The summed E-state index contributed by atoms with van der Waals surface area (Å²) in [6.07, 6.45) is -0.681. The van der Waals surface area contributed by atoms with Gasteiger partial charge < -0.3 is 19.6 Å². The van der Waals surface area contributed by atoms with Crippen molar-refractivity contribution < 1.29 is 24.2 Å². The van der Waals surface area contributed by atoms with Crippen molar-refractivity contribution in [2.75, 3.05) is 12.8 Å². The van der Waals surface area contributed by atoms with E-state index in [0.717, 1.165) is 0 Å². The Labute approximate surface area is 76.9 Å². The first-order valence-corrected chi connectivity index (χ1v) is 6.04. The topological polar surface area (TPSA) is 87.0 Å². The third-order valence-corrected chi connectivity index (χ3v) is 3.24. The third-order valence-electron chi connectivity index (χ3n) is 2.19. The maximum atomic E-state index is 10.7. The predicted molar refractivity (Wildman–Crippen MR) is 46.4 cm³/mol. The summed E-state index contributed by atoms with van der Waals surface area (Å²) in [4.78, 5) is 17.4. The molecule has 0 saturated carbocycles. The van der Waals surface area contributed by atoms with Crippen LogP contribution in [0, 0.1) is 5.92 Å². The van der Waals surface area contributed by atoms with Crippen molar-refractivity contribution in [2.45, 2.75) is 25.6 Å². The second-order valence-electron chi connectivity index (χ2n) is 3.52. The van der Waals surface area contributed by atoms with Crippen molar-refractivity contribution in [1.82, 2.24) is 0 Å². The molecule has 1 unspecified atom stereocenters. The standard InChI is InChI=1S/C7H15O5P/c1-5(4-13(9,10)11)7-6(8)2-3-12-7/h5-8H,2-4H2,1H3,(H2,9,10,11)/t5-,6+,7?/m0/s1. The largest absolute Gasteiger partial charge is 0.390 e. The highest BCUT2D eigenvalue weighted by Gasteiger charge is 2.34. The van der Waals surface area contributed by atoms with Crippen LogP contribution in [-0.2, 0) is 9.30 Å². The lowest BCUT2D eigenvalue weighted by atomic mass is 10.0. The molecule has 1 aliphatic heterocycles. The van der Waals surface area contributed by atoms with Gasteiger partial charge in [-0.25, -0.2) is 0 Å². The number of ether oxygens (including phenoxy) is 1. The van der Waals surface area contributed by atoms with Gasteiger partial charge in [0.1, 0.15) is 0 Å². The van der Waals surface area contributed by atoms with Gasteiger partial charge in [0.05, 0.1) is 18.4 Å². The van der Waals surface area contributed by atoms with Crippen LogP contribution < -0.4 is 0 Å². The molecule has 78 valence electrons. The highest BCUT2D eigenvalue weighted by atomic mass is 31.2. The van der Waals surface area contributed by atoms with E-state index in [1.54, 1.807) is 6.92 Å². The van der Waals surface area contributed by atoms with Gasteiger partial charge in [0, 0.05) is 6.61 Å². The van der Waals surface area contributed by atoms with Crippen LogP contribution in [0.4, 0.5) is 0 Å². The van der Waals surface area contributed by atoms with Crippen LogP contribution in [0.25, 0.3) is 0 Å². The van der Waals surface area contributed by atoms with E-state index < -0.39 is 19.8 Å². The number of hydrogen-bond acceptors (Lipinski definition) is 3. The molecule has 6 heteroatoms. The van der Waals surface area contributed by atoms with Crippen LogP contribution in [0.2, 0.25) is 0 Å². The van der Waals surface area contributed by atoms with Crippen LogP contribution >= 0.6 is 7.60 Å². The molecule has 0 aliphatic carbocycles. The zero-order chi connectivity index (χ0) is 10.1. The highest BCUT2D eigenvalue weighted by Crippen LogP contribution is 2.39. The summed E-state index contributed by atoms with van der Waals surface area (Å²) >= 11 is 0. The van der Waals surface area contributed by atoms with Crippen molar-refractivity contribution in [3.8, 4) is 0 Å². The average Bonchev–Trinajstić information content (AvgIpc) is 2.30. The van der Waals surface area contributed by atoms with Gasteiger partial charge in [-0.15, -0.1) is 0 Å². The summed E-state index contributed by atoms with van der Waals surface area (Å²) in [6, 6.07) is 0. The lowest BCUT2D eigenvalue weighted by molar-refractivity contribution is 0.0119. The summed E-state index contributed by atoms with van der Waals surface area (Å²) in [5.41, 5.74) is 0. The Morgan fingerprint density at radius 2 is 2.23 bits per heavy atom. The fourth-order valence-corrected chi connectivity index (χ4v) is 2.58. The minimum absolute atomic E-state index is 0.227. The lowest BCUT2D eigenvalue weighted by Gasteiger charge is -2.21. The third kappa shape index (κ3) is 3.37. The molecule has 0 spiro atoms. The minimum Gasteiger partial charge on any atom is -0.390 e. The number of aliphatic hydroxyl groups excluding tert-OH is 1. The van der Waals surface area contributed by atoms with Gasteiger partial charge in [-0.1, -0.05) is 6.92 Å². The molecular weight excluding hydrogens is 195 g/mol. The van der Waals surface area contributed by atoms with Gasteiger partial charge in [-0.05, 0) is 12.3 Å². The Hall–Kier alpha value is 0.0700. The van der Waals surface area contributed by atoms with E-state index in [9.17, 15) is 9.67 Å². The van der Waals surface area contributed by atoms with E-state index in [4.69, 9.17) is 14.5 Å². The number of rotatable bonds is 3. The monoisotopic (exact) mass is 210 g/mol. The molecule has 1 rings (SSSR count). The van der Waals surface area contributed by atoms with E-state index >= 15 is 0 Å². The molecule has 1 saturated heterocycles. The van der Waals surface area contributed by atoms with Gasteiger partial charge in [0.2, 0.25) is 0 Å². The van der Waals surface area contributed by atoms with Crippen LogP contribution in [0.5, 0.6) is 0 Å². The van der Waals surface area contributed by atoms with Gasteiger partial charge in [-0.2, -0.15) is 0 Å². The minimum atomic E-state index is -3.99. The normalized spacial score (nSPS) is 32.0. The summed E-state index contributed by atoms with van der Waals surface area (Å²) in [5.74, 6) is -0.307. The van der Waals surface area contributed by atoms with E-state index in [0.29, 0.717) is 13.0 Å². The zero-order valence-corrected chi connectivity index (χ0v) is 8.35. The summed E-state index contributed by atoms with van der Waals surface area (Å²) in [7, 11) is -3.99. The Kier molecular flexibility index (Phi) is 3.49. The summed E-state index contributed by atoms with van der Waals surface area (Å²) in [5, 5.41) is 9.38. The molecule has 13 heavy (non-hydrogen) atoms. The fraction of sp³-hybridized carbons (Fsp3) is 1.00. The first kappa shape index (κ1) is 11.1. The molecule has 5 nitrogen and oxygen atoms in total. The maximum absolute atomic E-state index is 10.7. The van der Waals surface area contributed by atoms with Gasteiger partial charge in [0.15, 0.2) is 0 Å². The quantitative estimate of drug-likeness (QED) is 0.568. The second-order valence-corrected chi connectivity index (χ2v) is 5.21. The highest BCUT2D eigenvalue weighted by molar-refractivity contribution is 7.51. The zero-order valence-electron chi connectivity index (χ0n) is 7.46. The number of aliphatic hydroxyl groups is 1. The molecule has 0 aromatic heterocycles. The predicted octanol–water partition coefficient (Wildman–Crippen LogP) is -0.0500. The van der Waals surface area contributed by atoms with Crippen LogP contribution in [0.3, 0.4) is 0 Å². The first-order chi connectivity index (χ1) is 5.90. The van der Waals surface area contributed by atoms with Crippen molar-refractivity contribution >= 4 is 7.60 Å². The van der Waals surface area contributed by atoms with Crippen molar-refractivity contribution in [1.29, 1.82) is 0 Å². The first-order valence-electron chi connectivity index (χ1n) is 4.24. The van der Waals surface area contributed by atoms with E-state index in [-0.39, 0.29) is 12.1 Å². The van der Waals surface area contributed by atoms with E-state index in [1.807, 2.05) is 0 Å². The Balaban J connectivity index is 2.47. The molecular formula is C7H15O5P. The molecule has 0 aromatic carbocycles. The molecule has 0 bridgehead atoms. The Morgan fingerprint density at radius 1 is 1.62 bits per heavy atom. The van der Waals surface area contributed by atoms with E-state index in [2.05, 4.69) is 0 Å². The van der Waals surface area contributed by atoms with Crippen molar-refractivity contribution in [3.05, 3.63) is 0 Å². The smallest absolute Gasteiger partial charge is 0.325 e. The van der Waals surface area contributed by atoms with Gasteiger partial charge >= 0.3 is 7.60 Å². The van der Waals surface area contributed by atoms with Crippen molar-refractivity contribution in [3.63, 3.8) is 0 Å². The van der Waals surface area contributed by atoms with Crippen LogP contribution in [0.1, 0.15) is 13.3 Å². The SMILES string of the molecule is C[C@@H](CP(=O)(O)O)C1OCC[C@H]1O. The molecule has 1 aliphatic rings. The summed E-state index contributed by atoms with van der Waals surface area (Å²) in [6.45, 7) is 2.15. The second kappa shape index (κ2) is 4.07. The molecule has 0 radical (unpaired) electrons. The Bertz CT molecular complexity index is 213. The van der Waals surface area contributed by atoms with E-state index in [1.165, 1.54) is 0 Å². The number of hydrogen-bond donors (Lipinski definition) is 3. The van der Waals surface area contributed by atoms with Gasteiger partial charge in [0.25, 0.3) is 0 Å². The Morgan fingerprint density at radius 3 is 2.62 bits per heavy atom. The molecule has 3 N–H and O–H groups in total. The summed E-state index contributed by atoms with van der Waals surface area (Å²) < 4.78 is 15.8. The fourth-order valence-electron chi connectivity index (χ4n) is 1.62. The molecule has 0 aromatic rings. The average molecular weight is 210 g/mol. The molecule has 1 heterocycles. The maximum Gasteiger partial charge on any atom is 0.325 e. The molecule has 0 amide bonds. The molecule has 1 fully saturated rings. The lowest BCUT2D eigenvalue weighted by Crippen LogP contribution is -2.30. The molecule has 3 atom stereocenters. The van der Waals surface area contributed by atoms with Crippen molar-refractivity contribution in [2.24, 2.45) is 5.92 Å². The van der Waals surface area contributed by atoms with Gasteiger partial charge in [-0.3, -0.25) is 4.57 Å². The van der Waals surface area contributed by atoms with Crippen LogP contribution in [0.15, 0.2) is 0 Å².